The van der Waals surface area contributed by atoms with E-state index < -0.39 is 0 Å². The van der Waals surface area contributed by atoms with Crippen LogP contribution < -0.4 is 21.3 Å². The number of benzene rings is 3. The average molecular weight is 727 g/mol. The molecule has 0 spiro atoms. The number of amides is 1. The van der Waals surface area contributed by atoms with E-state index in [0.717, 1.165) is 11.1 Å². The maximum atomic E-state index is 12.6. The van der Waals surface area contributed by atoms with Gasteiger partial charge in [-0.15, -0.1) is 0 Å². The zero-order valence-electron chi connectivity index (χ0n) is 29.6. The monoisotopic (exact) mass is 726 g/mol. The lowest BCUT2D eigenvalue weighted by Gasteiger charge is -2.12. The van der Waals surface area contributed by atoms with Crippen LogP contribution in [0.25, 0.3) is 10.4 Å². The van der Waals surface area contributed by atoms with E-state index in [0.29, 0.717) is 114 Å². The smallest absolute Gasteiger partial charge is 0.251 e. The fourth-order valence-electron chi connectivity index (χ4n) is 4.67. The Morgan fingerprint density at radius 2 is 1.25 bits per heavy atom. The number of anilines is 4. The van der Waals surface area contributed by atoms with Crippen molar-refractivity contribution in [2.75, 3.05) is 88.4 Å². The van der Waals surface area contributed by atoms with Crippen molar-refractivity contribution >= 4 is 35.2 Å². The third-order valence-electron chi connectivity index (χ3n) is 7.32. The van der Waals surface area contributed by atoms with E-state index in [2.05, 4.69) is 46.2 Å². The molecule has 4 N–H and O–H groups in total. The molecule has 280 valence electrons. The van der Waals surface area contributed by atoms with Crippen molar-refractivity contribution < 1.29 is 28.5 Å². The molecular formula is C37H46N10O6. The van der Waals surface area contributed by atoms with E-state index in [-0.39, 0.29) is 18.2 Å². The predicted molar refractivity (Wildman–Crippen MR) is 201 cm³/mol. The van der Waals surface area contributed by atoms with Crippen molar-refractivity contribution in [2.24, 2.45) is 5.11 Å². The number of nitrogens with one attached hydrogen (secondary N) is 4. The number of ether oxygens (including phenoxy) is 4. The maximum absolute atomic E-state index is 12.6. The standard InChI is InChI=1S/C37H46N10O6/c38-47-42-19-23-53-27-26-51-21-17-39-34(49)31-13-15-32(16-14-31)43-37-45-35(44-36(46-37)41-28-29-8-3-1-4-9-29)40-18-22-52-25-24-50-20-7-12-33(48)30-10-5-2-6-11-30/h1-6,8-11,13-16H,7,12,17-28H2,(H,39,49)(H3,40,41,43,44,45,46). The molecule has 0 aliphatic carbocycles. The first-order valence-corrected chi connectivity index (χ1v) is 17.4. The average Bonchev–Trinajstić information content (AvgIpc) is 3.19. The number of Topliss-reactive ketones (excluding diaryl/α,β-unsaturated/α-hetero) is 1. The highest BCUT2D eigenvalue weighted by Gasteiger charge is 2.10. The van der Waals surface area contributed by atoms with Crippen molar-refractivity contribution in [1.29, 1.82) is 0 Å². The summed E-state index contributed by atoms with van der Waals surface area (Å²) >= 11 is 0. The van der Waals surface area contributed by atoms with Gasteiger partial charge in [-0.05, 0) is 41.8 Å². The van der Waals surface area contributed by atoms with E-state index >= 15 is 0 Å². The van der Waals surface area contributed by atoms with Crippen LogP contribution in [0.4, 0.5) is 23.5 Å². The van der Waals surface area contributed by atoms with E-state index in [4.69, 9.17) is 24.5 Å². The number of carbonyl (C=O) groups excluding carboxylic acids is 2. The Labute approximate surface area is 308 Å². The molecule has 0 unspecified atom stereocenters. The molecule has 0 bridgehead atoms. The van der Waals surface area contributed by atoms with Gasteiger partial charge in [0.15, 0.2) is 5.78 Å². The van der Waals surface area contributed by atoms with Crippen LogP contribution in [0.15, 0.2) is 90.0 Å². The Kier molecular flexibility index (Phi) is 18.6. The van der Waals surface area contributed by atoms with Gasteiger partial charge in [0.25, 0.3) is 5.91 Å². The van der Waals surface area contributed by atoms with E-state index in [1.165, 1.54) is 0 Å². The van der Waals surface area contributed by atoms with Crippen molar-refractivity contribution in [3.63, 3.8) is 0 Å². The molecule has 4 aromatic rings. The van der Waals surface area contributed by atoms with Crippen molar-refractivity contribution in [3.05, 3.63) is 112 Å². The summed E-state index contributed by atoms with van der Waals surface area (Å²) < 4.78 is 22.0. The van der Waals surface area contributed by atoms with E-state index in [1.54, 1.807) is 24.3 Å². The lowest BCUT2D eigenvalue weighted by molar-refractivity contribution is 0.0497. The fraction of sp³-hybridized carbons (Fsp3) is 0.378. The van der Waals surface area contributed by atoms with Gasteiger partial charge < -0.3 is 40.2 Å². The van der Waals surface area contributed by atoms with Gasteiger partial charge in [0.1, 0.15) is 0 Å². The predicted octanol–water partition coefficient (Wildman–Crippen LogP) is 5.41. The Morgan fingerprint density at radius 3 is 1.94 bits per heavy atom. The van der Waals surface area contributed by atoms with Gasteiger partial charge in [0.2, 0.25) is 17.8 Å². The van der Waals surface area contributed by atoms with Crippen LogP contribution in [0.1, 0.15) is 39.1 Å². The Morgan fingerprint density at radius 1 is 0.642 bits per heavy atom. The zero-order valence-corrected chi connectivity index (χ0v) is 29.6. The van der Waals surface area contributed by atoms with Gasteiger partial charge in [-0.1, -0.05) is 65.8 Å². The van der Waals surface area contributed by atoms with Crippen LogP contribution in [-0.2, 0) is 25.5 Å². The highest BCUT2D eigenvalue weighted by atomic mass is 16.5. The lowest BCUT2D eigenvalue weighted by Crippen LogP contribution is -2.27. The zero-order chi connectivity index (χ0) is 37.2. The van der Waals surface area contributed by atoms with Gasteiger partial charge in [0.05, 0.1) is 46.2 Å². The third kappa shape index (κ3) is 16.5. The topological polar surface area (TPSA) is 207 Å². The van der Waals surface area contributed by atoms with E-state index in [9.17, 15) is 9.59 Å². The molecule has 0 aliphatic heterocycles. The maximum Gasteiger partial charge on any atom is 0.251 e. The molecule has 0 aliphatic rings. The quantitative estimate of drug-likeness (QED) is 0.0200. The number of azide groups is 1. The third-order valence-corrected chi connectivity index (χ3v) is 7.32. The summed E-state index contributed by atoms with van der Waals surface area (Å²) in [5.74, 6) is 0.943. The first-order chi connectivity index (χ1) is 26.1. The molecule has 1 aromatic heterocycles. The molecule has 0 fully saturated rings. The molecule has 3 aromatic carbocycles. The number of aromatic nitrogens is 3. The minimum atomic E-state index is -0.228. The highest BCUT2D eigenvalue weighted by molar-refractivity contribution is 5.96. The Bertz CT molecular complexity index is 1690. The number of nitrogens with zero attached hydrogens (tertiary/aromatic N) is 6. The number of rotatable bonds is 27. The van der Waals surface area contributed by atoms with Gasteiger partial charge in [-0.3, -0.25) is 9.59 Å². The number of hydrogen-bond acceptors (Lipinski definition) is 13. The summed E-state index contributed by atoms with van der Waals surface area (Å²) in [6.45, 7) is 4.76. The van der Waals surface area contributed by atoms with Crippen LogP contribution in [-0.4, -0.2) is 99.1 Å². The summed E-state index contributed by atoms with van der Waals surface area (Å²) in [5, 5.41) is 15.8. The Balaban J connectivity index is 1.18. The summed E-state index contributed by atoms with van der Waals surface area (Å²) in [7, 11) is 0. The number of hydrogen-bond donors (Lipinski definition) is 4. The SMILES string of the molecule is [N-]=[N+]=NCCOCCOCCNC(=O)c1ccc(Nc2nc(NCCOCCOCCCC(=O)c3ccccc3)nc(NCc3ccccc3)n2)cc1. The first-order valence-electron chi connectivity index (χ1n) is 17.4. The van der Waals surface area contributed by atoms with Gasteiger partial charge in [0, 0.05) is 60.9 Å². The minimum Gasteiger partial charge on any atom is -0.379 e. The fourth-order valence-corrected chi connectivity index (χ4v) is 4.67. The summed E-state index contributed by atoms with van der Waals surface area (Å²) in [4.78, 5) is 41.0. The molecule has 53 heavy (non-hydrogen) atoms. The van der Waals surface area contributed by atoms with Crippen molar-refractivity contribution in [3.8, 4) is 0 Å². The molecule has 1 amide bonds. The molecule has 0 saturated heterocycles. The molecule has 0 saturated carbocycles. The molecule has 16 nitrogen and oxygen atoms in total. The molecular weight excluding hydrogens is 680 g/mol. The second-order valence-electron chi connectivity index (χ2n) is 11.3. The molecule has 4 rings (SSSR count). The molecule has 0 atom stereocenters. The van der Waals surface area contributed by atoms with Crippen LogP contribution in [0, 0.1) is 0 Å². The van der Waals surface area contributed by atoms with Crippen LogP contribution in [0.2, 0.25) is 0 Å². The number of carbonyl (C=O) groups is 2. The van der Waals surface area contributed by atoms with Gasteiger partial charge >= 0.3 is 0 Å². The van der Waals surface area contributed by atoms with Gasteiger partial charge in [-0.2, -0.15) is 15.0 Å². The molecule has 0 radical (unpaired) electrons. The second-order valence-corrected chi connectivity index (χ2v) is 11.3. The van der Waals surface area contributed by atoms with Crippen LogP contribution >= 0.6 is 0 Å². The lowest BCUT2D eigenvalue weighted by atomic mass is 10.1. The normalized spacial score (nSPS) is 10.6. The van der Waals surface area contributed by atoms with Crippen LogP contribution in [0.5, 0.6) is 0 Å². The summed E-state index contributed by atoms with van der Waals surface area (Å²) in [6, 6.07) is 26.1. The van der Waals surface area contributed by atoms with Crippen LogP contribution in [0.3, 0.4) is 0 Å². The highest BCUT2D eigenvalue weighted by Crippen LogP contribution is 2.17. The summed E-state index contributed by atoms with van der Waals surface area (Å²) in [6.07, 6.45) is 1.10. The molecule has 1 heterocycles. The largest absolute Gasteiger partial charge is 0.379 e. The van der Waals surface area contributed by atoms with Crippen molar-refractivity contribution in [2.45, 2.75) is 19.4 Å². The second kappa shape index (κ2) is 24.5. The first kappa shape index (κ1) is 40.1. The van der Waals surface area contributed by atoms with E-state index in [1.807, 2.05) is 60.7 Å². The minimum absolute atomic E-state index is 0.115. The number of ketones is 1. The van der Waals surface area contributed by atoms with Crippen molar-refractivity contribution in [1.82, 2.24) is 20.3 Å². The Hall–Kier alpha value is -5.64. The molecule has 16 heteroatoms. The summed E-state index contributed by atoms with van der Waals surface area (Å²) in [5.41, 5.74) is 11.2. The van der Waals surface area contributed by atoms with Gasteiger partial charge in [-0.25, -0.2) is 0 Å².